The number of carbonyl (C=O) groups excluding carboxylic acids is 1. The molecule has 35 heavy (non-hydrogen) atoms. The first-order valence-corrected chi connectivity index (χ1v) is 13.2. The van der Waals surface area contributed by atoms with Crippen molar-refractivity contribution in [2.24, 2.45) is 5.92 Å². The number of rotatable bonds is 9. The highest BCUT2D eigenvalue weighted by Crippen LogP contribution is 2.24. The van der Waals surface area contributed by atoms with Gasteiger partial charge in [-0.2, -0.15) is 0 Å². The van der Waals surface area contributed by atoms with Crippen molar-refractivity contribution in [2.45, 2.75) is 23.3 Å². The third-order valence-electron chi connectivity index (χ3n) is 6.28. The maximum atomic E-state index is 13.1. The average molecular weight is 494 g/mol. The molecule has 0 aliphatic carbocycles. The topological polar surface area (TPSA) is 96.5 Å². The molecule has 3 N–H and O–H groups in total. The maximum absolute atomic E-state index is 13.1. The lowest BCUT2D eigenvalue weighted by Crippen LogP contribution is -2.52. The highest BCUT2D eigenvalue weighted by molar-refractivity contribution is 7.89. The minimum Gasteiger partial charge on any atom is -0.497 e. The number of benzene rings is 3. The lowest BCUT2D eigenvalue weighted by molar-refractivity contribution is -0.125. The molecule has 1 amide bonds. The van der Waals surface area contributed by atoms with Crippen molar-refractivity contribution in [3.05, 3.63) is 96.1 Å². The summed E-state index contributed by atoms with van der Waals surface area (Å²) >= 11 is 0. The van der Waals surface area contributed by atoms with Gasteiger partial charge in [0, 0.05) is 37.7 Å². The van der Waals surface area contributed by atoms with Crippen LogP contribution in [-0.2, 0) is 14.8 Å². The zero-order chi connectivity index (χ0) is 24.7. The number of ether oxygens (including phenoxy) is 1. The molecule has 4 rings (SSSR count). The molecule has 0 unspecified atom stereocenters. The molecule has 7 nitrogen and oxygen atoms in total. The van der Waals surface area contributed by atoms with Gasteiger partial charge < -0.3 is 15.4 Å². The summed E-state index contributed by atoms with van der Waals surface area (Å²) in [4.78, 5) is 13.2. The predicted molar refractivity (Wildman–Crippen MR) is 136 cm³/mol. The molecule has 1 saturated heterocycles. The zero-order valence-electron chi connectivity index (χ0n) is 19.7. The largest absolute Gasteiger partial charge is 0.497 e. The molecular weight excluding hydrogens is 462 g/mol. The Morgan fingerprint density at radius 1 is 0.971 bits per heavy atom. The van der Waals surface area contributed by atoms with E-state index in [4.69, 9.17) is 4.74 Å². The molecule has 0 saturated carbocycles. The van der Waals surface area contributed by atoms with Gasteiger partial charge in [0.2, 0.25) is 15.9 Å². The van der Waals surface area contributed by atoms with E-state index in [-0.39, 0.29) is 22.6 Å². The molecule has 0 radical (unpaired) electrons. The minimum atomic E-state index is -3.74. The maximum Gasteiger partial charge on any atom is 0.240 e. The van der Waals surface area contributed by atoms with Crippen molar-refractivity contribution in [3.8, 4) is 5.75 Å². The molecule has 1 heterocycles. The summed E-state index contributed by atoms with van der Waals surface area (Å²) in [5.41, 5.74) is 2.26. The molecule has 184 valence electrons. The Morgan fingerprint density at radius 2 is 1.63 bits per heavy atom. The Hall–Kier alpha value is -3.20. The van der Waals surface area contributed by atoms with Crippen molar-refractivity contribution < 1.29 is 17.9 Å². The van der Waals surface area contributed by atoms with Crippen molar-refractivity contribution in [3.63, 3.8) is 0 Å². The van der Waals surface area contributed by atoms with Crippen molar-refractivity contribution in [1.29, 1.82) is 0 Å². The Kier molecular flexibility index (Phi) is 8.17. The molecule has 1 aliphatic rings. The summed E-state index contributed by atoms with van der Waals surface area (Å²) in [5, 5.41) is 6.31. The lowest BCUT2D eigenvalue weighted by atomic mass is 9.90. The van der Waals surface area contributed by atoms with Crippen LogP contribution >= 0.6 is 0 Å². The van der Waals surface area contributed by atoms with Gasteiger partial charge in [0.25, 0.3) is 0 Å². The summed E-state index contributed by atoms with van der Waals surface area (Å²) in [6.07, 6.45) is 0.420. The van der Waals surface area contributed by atoms with Crippen molar-refractivity contribution in [1.82, 2.24) is 15.4 Å². The second kappa shape index (κ2) is 11.5. The molecule has 3 aromatic rings. The van der Waals surface area contributed by atoms with Crippen LogP contribution in [0.2, 0.25) is 0 Å². The second-order valence-electron chi connectivity index (χ2n) is 8.71. The highest BCUT2D eigenvalue weighted by atomic mass is 32.2. The average Bonchev–Trinajstić information content (AvgIpc) is 2.90. The monoisotopic (exact) mass is 493 g/mol. The summed E-state index contributed by atoms with van der Waals surface area (Å²) < 4.78 is 33.6. The quantitative estimate of drug-likeness (QED) is 0.426. The van der Waals surface area contributed by atoms with E-state index in [1.54, 1.807) is 12.1 Å². The highest BCUT2D eigenvalue weighted by Gasteiger charge is 2.30. The molecule has 2 atom stereocenters. The smallest absolute Gasteiger partial charge is 0.240 e. The van der Waals surface area contributed by atoms with Gasteiger partial charge in [-0.25, -0.2) is 13.1 Å². The molecule has 0 spiro atoms. The number of sulfonamides is 1. The van der Waals surface area contributed by atoms with E-state index in [1.165, 1.54) is 19.2 Å². The fraction of sp³-hybridized carbons (Fsp3) is 0.296. The van der Waals surface area contributed by atoms with E-state index < -0.39 is 16.1 Å². The van der Waals surface area contributed by atoms with Crippen LogP contribution in [0, 0.1) is 5.92 Å². The number of amides is 1. The lowest BCUT2D eigenvalue weighted by Gasteiger charge is -2.30. The Morgan fingerprint density at radius 3 is 2.26 bits per heavy atom. The van der Waals surface area contributed by atoms with Gasteiger partial charge >= 0.3 is 0 Å². The van der Waals surface area contributed by atoms with E-state index in [0.717, 1.165) is 11.1 Å². The number of carbonyl (C=O) groups is 1. The van der Waals surface area contributed by atoms with Crippen LogP contribution in [-0.4, -0.2) is 47.1 Å². The van der Waals surface area contributed by atoms with Crippen LogP contribution in [0.5, 0.6) is 5.75 Å². The fourth-order valence-corrected chi connectivity index (χ4v) is 5.72. The number of hydrogen-bond donors (Lipinski definition) is 3. The van der Waals surface area contributed by atoms with Crippen LogP contribution < -0.4 is 20.1 Å². The molecule has 3 aromatic carbocycles. The normalized spacial score (nSPS) is 18.2. The Bertz CT molecular complexity index is 1180. The van der Waals surface area contributed by atoms with E-state index in [0.29, 0.717) is 31.8 Å². The summed E-state index contributed by atoms with van der Waals surface area (Å²) in [7, 11) is -2.25. The summed E-state index contributed by atoms with van der Waals surface area (Å²) in [6.45, 7) is 1.43. The third-order valence-corrected chi connectivity index (χ3v) is 7.80. The van der Waals surface area contributed by atoms with Gasteiger partial charge in [-0.05, 0) is 29.7 Å². The third kappa shape index (κ3) is 6.48. The molecule has 8 heteroatoms. The minimum absolute atomic E-state index is 0.0280. The van der Waals surface area contributed by atoms with Crippen LogP contribution in [0.15, 0.2) is 89.8 Å². The Labute approximate surface area is 207 Å². The Balaban J connectivity index is 1.39. The molecule has 1 aliphatic heterocycles. The van der Waals surface area contributed by atoms with Crippen LogP contribution in [0.4, 0.5) is 0 Å². The van der Waals surface area contributed by atoms with Gasteiger partial charge in [0.15, 0.2) is 0 Å². The van der Waals surface area contributed by atoms with Crippen LogP contribution in [0.3, 0.4) is 0 Å². The first-order chi connectivity index (χ1) is 17.0. The second-order valence-corrected chi connectivity index (χ2v) is 10.4. The van der Waals surface area contributed by atoms with Crippen molar-refractivity contribution in [2.75, 3.05) is 26.7 Å². The molecule has 0 bridgehead atoms. The van der Waals surface area contributed by atoms with Gasteiger partial charge in [-0.1, -0.05) is 66.7 Å². The van der Waals surface area contributed by atoms with Crippen LogP contribution in [0.1, 0.15) is 23.5 Å². The first-order valence-electron chi connectivity index (χ1n) is 11.7. The number of piperidine rings is 1. The molecular formula is C27H31N3O4S. The van der Waals surface area contributed by atoms with Gasteiger partial charge in [-0.15, -0.1) is 0 Å². The van der Waals surface area contributed by atoms with Crippen molar-refractivity contribution >= 4 is 15.9 Å². The predicted octanol–water partition coefficient (Wildman–Crippen LogP) is 2.90. The SMILES string of the molecule is COc1cccc(S(=O)(=O)N[C@H]2CNC[C@@H](C(=O)NCC(c3ccccc3)c3ccccc3)C2)c1. The number of hydrogen-bond acceptors (Lipinski definition) is 5. The standard InChI is InChI=1S/C27H31N3O4S/c1-34-24-13-8-14-25(16-24)35(32,33)30-23-15-22(17-28-18-23)27(31)29-19-26(20-9-4-2-5-10-20)21-11-6-3-7-12-21/h2-14,16,22-23,26,28,30H,15,17-19H2,1H3,(H,29,31)/t22-,23+/m0/s1. The summed E-state index contributed by atoms with van der Waals surface area (Å²) in [6, 6.07) is 26.1. The van der Waals surface area contributed by atoms with E-state index >= 15 is 0 Å². The van der Waals surface area contributed by atoms with Gasteiger partial charge in [0.05, 0.1) is 17.9 Å². The molecule has 1 fully saturated rings. The number of nitrogens with one attached hydrogen (secondary N) is 3. The van der Waals surface area contributed by atoms with Gasteiger partial charge in [-0.3, -0.25) is 4.79 Å². The van der Waals surface area contributed by atoms with E-state index in [9.17, 15) is 13.2 Å². The number of methoxy groups -OCH3 is 1. The zero-order valence-corrected chi connectivity index (χ0v) is 20.5. The fourth-order valence-electron chi connectivity index (χ4n) is 4.43. The van der Waals surface area contributed by atoms with E-state index in [1.807, 2.05) is 36.4 Å². The first kappa shape index (κ1) is 24.9. The summed E-state index contributed by atoms with van der Waals surface area (Å²) in [5.74, 6) is 0.0761. The van der Waals surface area contributed by atoms with Crippen LogP contribution in [0.25, 0.3) is 0 Å². The van der Waals surface area contributed by atoms with E-state index in [2.05, 4.69) is 39.6 Å². The molecule has 0 aromatic heterocycles. The van der Waals surface area contributed by atoms with Gasteiger partial charge in [0.1, 0.15) is 5.75 Å².